The number of hydrogen-bond acceptors (Lipinski definition) is 4. The Bertz CT molecular complexity index is 387. The average molecular weight is 278 g/mol. The van der Waals surface area contributed by atoms with Crippen LogP contribution in [0.15, 0.2) is 30.3 Å². The fourth-order valence-corrected chi connectivity index (χ4v) is 2.10. The average Bonchev–Trinajstić information content (AvgIpc) is 2.39. The molecule has 0 amide bonds. The van der Waals surface area contributed by atoms with Crippen molar-refractivity contribution in [1.82, 2.24) is 5.32 Å². The van der Waals surface area contributed by atoms with Gasteiger partial charge in [-0.1, -0.05) is 30.3 Å². The number of carbonyl (C=O) groups excluding carboxylic acids is 1. The van der Waals surface area contributed by atoms with Gasteiger partial charge in [-0.15, -0.1) is 0 Å². The Labute approximate surface area is 121 Å². The molecule has 1 aromatic carbocycles. The number of nitrogens with one attached hydrogen (secondary N) is 1. The zero-order valence-electron chi connectivity index (χ0n) is 12.6. The van der Waals surface area contributed by atoms with Crippen LogP contribution in [0.2, 0.25) is 0 Å². The molecule has 4 heteroatoms. The van der Waals surface area contributed by atoms with Crippen molar-refractivity contribution < 1.29 is 9.53 Å². The van der Waals surface area contributed by atoms with E-state index in [0.29, 0.717) is 18.4 Å². The Balaban J connectivity index is 0.000000246. The van der Waals surface area contributed by atoms with Crippen LogP contribution < -0.4 is 11.1 Å². The lowest BCUT2D eigenvalue weighted by atomic mass is 9.90. The molecule has 0 radical (unpaired) electrons. The minimum atomic E-state index is -0.318. The maximum Gasteiger partial charge on any atom is 0.293 e. The molecular formula is C16H26N2O2. The van der Waals surface area contributed by atoms with Crippen molar-refractivity contribution in [3.05, 3.63) is 35.9 Å². The normalized spacial score (nSPS) is 22.4. The first-order valence-corrected chi connectivity index (χ1v) is 7.05. The van der Waals surface area contributed by atoms with Crippen molar-refractivity contribution in [3.8, 4) is 0 Å². The third kappa shape index (κ3) is 6.68. The van der Waals surface area contributed by atoms with E-state index in [1.807, 2.05) is 20.8 Å². The molecule has 2 unspecified atom stereocenters. The van der Waals surface area contributed by atoms with Crippen LogP contribution in [0.3, 0.4) is 0 Å². The Morgan fingerprint density at radius 3 is 2.35 bits per heavy atom. The Hall–Kier alpha value is -1.39. The highest BCUT2D eigenvalue weighted by Gasteiger charge is 2.19. The molecule has 3 N–H and O–H groups in total. The van der Waals surface area contributed by atoms with Gasteiger partial charge in [-0.25, -0.2) is 0 Å². The van der Waals surface area contributed by atoms with Gasteiger partial charge in [0.1, 0.15) is 5.60 Å². The van der Waals surface area contributed by atoms with Gasteiger partial charge in [-0.3, -0.25) is 4.79 Å². The molecule has 1 aromatic rings. The number of piperidine rings is 1. The van der Waals surface area contributed by atoms with E-state index in [1.165, 1.54) is 5.56 Å². The number of hydrogen-bond donors (Lipinski definition) is 2. The largest absolute Gasteiger partial charge is 0.462 e. The highest BCUT2D eigenvalue weighted by Crippen LogP contribution is 2.21. The van der Waals surface area contributed by atoms with Crippen LogP contribution in [0.25, 0.3) is 0 Å². The second-order valence-electron chi connectivity index (χ2n) is 6.09. The van der Waals surface area contributed by atoms with Gasteiger partial charge >= 0.3 is 0 Å². The smallest absolute Gasteiger partial charge is 0.293 e. The number of benzene rings is 1. The van der Waals surface area contributed by atoms with Crippen LogP contribution in [0.1, 0.15) is 38.7 Å². The van der Waals surface area contributed by atoms with E-state index in [1.54, 1.807) is 0 Å². The molecule has 0 saturated carbocycles. The lowest BCUT2D eigenvalue weighted by Gasteiger charge is -2.27. The molecule has 20 heavy (non-hydrogen) atoms. The highest BCUT2D eigenvalue weighted by atomic mass is 16.5. The van der Waals surface area contributed by atoms with Crippen molar-refractivity contribution in [1.29, 1.82) is 0 Å². The number of nitrogens with two attached hydrogens (primary N) is 1. The first-order valence-electron chi connectivity index (χ1n) is 7.05. The predicted molar refractivity (Wildman–Crippen MR) is 81.5 cm³/mol. The predicted octanol–water partition coefficient (Wildman–Crippen LogP) is 2.05. The molecule has 0 spiro atoms. The molecule has 0 aliphatic carbocycles. The SMILES string of the molecule is CC(C)(C)OC=O.NC1CNCC(c2ccccc2)C1. The van der Waals surface area contributed by atoms with Gasteiger partial charge < -0.3 is 15.8 Å². The lowest BCUT2D eigenvalue weighted by molar-refractivity contribution is -0.138. The monoisotopic (exact) mass is 278 g/mol. The van der Waals surface area contributed by atoms with Crippen molar-refractivity contribution in [2.75, 3.05) is 13.1 Å². The van der Waals surface area contributed by atoms with E-state index in [2.05, 4.69) is 40.4 Å². The molecule has 2 rings (SSSR count). The zero-order chi connectivity index (χ0) is 15.0. The minimum Gasteiger partial charge on any atom is -0.462 e. The summed E-state index contributed by atoms with van der Waals surface area (Å²) in [5.74, 6) is 0.602. The minimum absolute atomic E-state index is 0.318. The third-order valence-corrected chi connectivity index (χ3v) is 3.06. The van der Waals surface area contributed by atoms with Crippen molar-refractivity contribution >= 4 is 6.47 Å². The van der Waals surface area contributed by atoms with Crippen LogP contribution in [-0.2, 0) is 9.53 Å². The summed E-state index contributed by atoms with van der Waals surface area (Å²) in [6, 6.07) is 10.9. The maximum absolute atomic E-state index is 9.60. The second kappa shape index (κ2) is 8.02. The maximum atomic E-state index is 9.60. The third-order valence-electron chi connectivity index (χ3n) is 3.06. The quantitative estimate of drug-likeness (QED) is 0.813. The van der Waals surface area contributed by atoms with Crippen molar-refractivity contribution in [2.45, 2.75) is 44.8 Å². The molecule has 112 valence electrons. The molecule has 4 nitrogen and oxygen atoms in total. The Kier molecular flexibility index (Phi) is 6.68. The summed E-state index contributed by atoms with van der Waals surface area (Å²) in [6.45, 7) is 7.95. The van der Waals surface area contributed by atoms with Gasteiger partial charge in [-0.05, 0) is 38.7 Å². The number of carbonyl (C=O) groups is 1. The summed E-state index contributed by atoms with van der Waals surface area (Å²) in [7, 11) is 0. The van der Waals surface area contributed by atoms with Crippen LogP contribution in [0, 0.1) is 0 Å². The van der Waals surface area contributed by atoms with Crippen LogP contribution in [-0.4, -0.2) is 31.2 Å². The fraction of sp³-hybridized carbons (Fsp3) is 0.562. The molecule has 1 aliphatic rings. The first-order chi connectivity index (χ1) is 9.42. The molecular weight excluding hydrogens is 252 g/mol. The second-order valence-corrected chi connectivity index (χ2v) is 6.09. The van der Waals surface area contributed by atoms with Crippen LogP contribution >= 0.6 is 0 Å². The zero-order valence-corrected chi connectivity index (χ0v) is 12.6. The van der Waals surface area contributed by atoms with Gasteiger partial charge in [0.25, 0.3) is 6.47 Å². The summed E-state index contributed by atoms with van der Waals surface area (Å²) >= 11 is 0. The van der Waals surface area contributed by atoms with E-state index in [4.69, 9.17) is 5.73 Å². The molecule has 1 saturated heterocycles. The topological polar surface area (TPSA) is 64.3 Å². The van der Waals surface area contributed by atoms with E-state index in [-0.39, 0.29) is 5.60 Å². The lowest BCUT2D eigenvalue weighted by Crippen LogP contribution is -2.43. The summed E-state index contributed by atoms with van der Waals surface area (Å²) < 4.78 is 4.55. The summed E-state index contributed by atoms with van der Waals surface area (Å²) in [5.41, 5.74) is 6.99. The van der Waals surface area contributed by atoms with Gasteiger partial charge in [0.2, 0.25) is 0 Å². The molecule has 0 bridgehead atoms. The number of ether oxygens (including phenoxy) is 1. The molecule has 0 aromatic heterocycles. The van der Waals surface area contributed by atoms with Crippen molar-refractivity contribution in [3.63, 3.8) is 0 Å². The Morgan fingerprint density at radius 2 is 1.90 bits per heavy atom. The van der Waals surface area contributed by atoms with Gasteiger partial charge in [0.15, 0.2) is 0 Å². The van der Waals surface area contributed by atoms with E-state index < -0.39 is 0 Å². The summed E-state index contributed by atoms with van der Waals surface area (Å²) in [5, 5.41) is 3.36. The summed E-state index contributed by atoms with van der Waals surface area (Å²) in [6.07, 6.45) is 1.11. The highest BCUT2D eigenvalue weighted by molar-refractivity contribution is 5.37. The Morgan fingerprint density at radius 1 is 1.25 bits per heavy atom. The van der Waals surface area contributed by atoms with Crippen LogP contribution in [0.4, 0.5) is 0 Å². The fourth-order valence-electron chi connectivity index (χ4n) is 2.10. The van der Waals surface area contributed by atoms with E-state index in [0.717, 1.165) is 19.5 Å². The van der Waals surface area contributed by atoms with E-state index in [9.17, 15) is 4.79 Å². The standard InChI is InChI=1S/C11H16N2.C5H10O2/c12-11-6-10(7-13-8-11)9-4-2-1-3-5-9;1-5(2,3)7-4-6/h1-5,10-11,13H,6-8,12H2;4H,1-3H3. The molecule has 1 heterocycles. The van der Waals surface area contributed by atoms with Gasteiger partial charge in [0.05, 0.1) is 0 Å². The first kappa shape index (κ1) is 16.7. The number of rotatable bonds is 2. The molecule has 1 aliphatic heterocycles. The van der Waals surface area contributed by atoms with E-state index >= 15 is 0 Å². The summed E-state index contributed by atoms with van der Waals surface area (Å²) in [4.78, 5) is 9.60. The van der Waals surface area contributed by atoms with Gasteiger partial charge in [0, 0.05) is 19.1 Å². The van der Waals surface area contributed by atoms with Crippen molar-refractivity contribution in [2.24, 2.45) is 5.73 Å². The molecule has 1 fully saturated rings. The molecule has 2 atom stereocenters. The van der Waals surface area contributed by atoms with Gasteiger partial charge in [-0.2, -0.15) is 0 Å². The van der Waals surface area contributed by atoms with Crippen LogP contribution in [0.5, 0.6) is 0 Å².